The zero-order chi connectivity index (χ0) is 8.97. The number of piperidine rings is 1. The molecular formula is C10H20NO. The molecule has 0 aromatic carbocycles. The van der Waals surface area contributed by atoms with Crippen LogP contribution in [0, 0.1) is 5.92 Å². The summed E-state index contributed by atoms with van der Waals surface area (Å²) in [6.45, 7) is 7.00. The first-order chi connectivity index (χ1) is 5.74. The Labute approximate surface area is 75.6 Å². The van der Waals surface area contributed by atoms with Crippen LogP contribution < -0.4 is 0 Å². The Balaban J connectivity index is 2.20. The summed E-state index contributed by atoms with van der Waals surface area (Å²) in [6, 6.07) is 0.679. The Bertz CT molecular complexity index is 117. The predicted octanol–water partition coefficient (Wildman–Crippen LogP) is 1.93. The van der Waals surface area contributed by atoms with Crippen LogP contribution in [0.5, 0.6) is 0 Å². The molecule has 1 aliphatic rings. The SMILES string of the molecule is CC(C)N1CCC(CC[O])CC1. The molecule has 0 aromatic rings. The van der Waals surface area contributed by atoms with E-state index in [0.29, 0.717) is 6.04 Å². The second-order valence-electron chi connectivity index (χ2n) is 4.07. The van der Waals surface area contributed by atoms with Crippen molar-refractivity contribution < 1.29 is 5.11 Å². The van der Waals surface area contributed by atoms with Crippen molar-refractivity contribution in [2.45, 2.75) is 39.2 Å². The molecule has 1 radical (unpaired) electrons. The van der Waals surface area contributed by atoms with Gasteiger partial charge in [0.05, 0.1) is 6.61 Å². The van der Waals surface area contributed by atoms with E-state index in [9.17, 15) is 5.11 Å². The van der Waals surface area contributed by atoms with Crippen LogP contribution in [-0.4, -0.2) is 30.6 Å². The Kier molecular flexibility index (Phi) is 4.02. The molecule has 0 unspecified atom stereocenters. The zero-order valence-electron chi connectivity index (χ0n) is 8.25. The van der Waals surface area contributed by atoms with Crippen LogP contribution in [0.4, 0.5) is 0 Å². The van der Waals surface area contributed by atoms with Crippen molar-refractivity contribution in [2.75, 3.05) is 19.7 Å². The van der Waals surface area contributed by atoms with Crippen LogP contribution in [0.2, 0.25) is 0 Å². The lowest BCUT2D eigenvalue weighted by atomic mass is 9.93. The quantitative estimate of drug-likeness (QED) is 0.634. The lowest BCUT2D eigenvalue weighted by Crippen LogP contribution is -2.38. The van der Waals surface area contributed by atoms with Crippen LogP contribution >= 0.6 is 0 Å². The highest BCUT2D eigenvalue weighted by Gasteiger charge is 2.19. The molecule has 0 atom stereocenters. The van der Waals surface area contributed by atoms with Gasteiger partial charge in [-0.15, -0.1) is 0 Å². The smallest absolute Gasteiger partial charge is 0.0825 e. The molecule has 1 fully saturated rings. The highest BCUT2D eigenvalue weighted by atomic mass is 16.3. The van der Waals surface area contributed by atoms with Crippen molar-refractivity contribution in [2.24, 2.45) is 5.92 Å². The first kappa shape index (κ1) is 10.0. The molecule has 0 saturated carbocycles. The summed E-state index contributed by atoms with van der Waals surface area (Å²) in [4.78, 5) is 2.50. The summed E-state index contributed by atoms with van der Waals surface area (Å²) in [6.07, 6.45) is 3.37. The number of hydrogen-bond acceptors (Lipinski definition) is 1. The van der Waals surface area contributed by atoms with Crippen molar-refractivity contribution in [3.8, 4) is 0 Å². The van der Waals surface area contributed by atoms with E-state index in [0.717, 1.165) is 12.3 Å². The van der Waals surface area contributed by atoms with E-state index >= 15 is 0 Å². The van der Waals surface area contributed by atoms with Gasteiger partial charge in [-0.1, -0.05) is 0 Å². The van der Waals surface area contributed by atoms with E-state index in [2.05, 4.69) is 18.7 Å². The van der Waals surface area contributed by atoms with E-state index in [1.54, 1.807) is 0 Å². The number of likely N-dealkylation sites (tertiary alicyclic amines) is 1. The third-order valence-corrected chi connectivity index (χ3v) is 2.91. The predicted molar refractivity (Wildman–Crippen MR) is 49.6 cm³/mol. The van der Waals surface area contributed by atoms with Gasteiger partial charge in [0.1, 0.15) is 0 Å². The zero-order valence-corrected chi connectivity index (χ0v) is 8.25. The number of nitrogens with zero attached hydrogens (tertiary/aromatic N) is 1. The van der Waals surface area contributed by atoms with Crippen LogP contribution in [0.3, 0.4) is 0 Å². The molecule has 0 aromatic heterocycles. The van der Waals surface area contributed by atoms with E-state index < -0.39 is 0 Å². The Morgan fingerprint density at radius 2 is 1.92 bits per heavy atom. The second kappa shape index (κ2) is 4.83. The second-order valence-corrected chi connectivity index (χ2v) is 4.07. The number of hydrogen-bond donors (Lipinski definition) is 0. The van der Waals surface area contributed by atoms with Gasteiger partial charge >= 0.3 is 0 Å². The molecule has 1 aliphatic heterocycles. The molecule has 12 heavy (non-hydrogen) atoms. The minimum atomic E-state index is 0.117. The minimum Gasteiger partial charge on any atom is -0.301 e. The molecule has 0 amide bonds. The first-order valence-electron chi connectivity index (χ1n) is 5.06. The van der Waals surface area contributed by atoms with Gasteiger partial charge in [-0.3, -0.25) is 0 Å². The van der Waals surface area contributed by atoms with Gasteiger partial charge < -0.3 is 4.90 Å². The summed E-state index contributed by atoms with van der Waals surface area (Å²) in [5, 5.41) is 10.4. The van der Waals surface area contributed by atoms with Gasteiger partial charge in [0.25, 0.3) is 0 Å². The minimum absolute atomic E-state index is 0.117. The largest absolute Gasteiger partial charge is 0.301 e. The normalized spacial score (nSPS) is 22.0. The van der Waals surface area contributed by atoms with Crippen molar-refractivity contribution in [3.05, 3.63) is 0 Å². The summed E-state index contributed by atoms with van der Waals surface area (Å²) in [5.74, 6) is 0.720. The van der Waals surface area contributed by atoms with E-state index in [4.69, 9.17) is 0 Å². The summed E-state index contributed by atoms with van der Waals surface area (Å²) in [5.41, 5.74) is 0. The van der Waals surface area contributed by atoms with E-state index in [1.165, 1.54) is 25.9 Å². The van der Waals surface area contributed by atoms with Crippen LogP contribution in [0.15, 0.2) is 0 Å². The maximum atomic E-state index is 10.4. The molecular weight excluding hydrogens is 150 g/mol. The lowest BCUT2D eigenvalue weighted by Gasteiger charge is -2.34. The highest BCUT2D eigenvalue weighted by Crippen LogP contribution is 2.21. The van der Waals surface area contributed by atoms with E-state index in [1.807, 2.05) is 0 Å². The first-order valence-corrected chi connectivity index (χ1v) is 5.06. The molecule has 2 heteroatoms. The van der Waals surface area contributed by atoms with E-state index in [-0.39, 0.29) is 6.61 Å². The van der Waals surface area contributed by atoms with Crippen molar-refractivity contribution >= 4 is 0 Å². The highest BCUT2D eigenvalue weighted by molar-refractivity contribution is 4.73. The van der Waals surface area contributed by atoms with Gasteiger partial charge in [0, 0.05) is 6.04 Å². The third-order valence-electron chi connectivity index (χ3n) is 2.91. The Morgan fingerprint density at radius 1 is 1.33 bits per heavy atom. The van der Waals surface area contributed by atoms with Crippen molar-refractivity contribution in [3.63, 3.8) is 0 Å². The van der Waals surface area contributed by atoms with Crippen molar-refractivity contribution in [1.82, 2.24) is 4.90 Å². The summed E-state index contributed by atoms with van der Waals surface area (Å²) < 4.78 is 0. The van der Waals surface area contributed by atoms with Gasteiger partial charge in [-0.25, -0.2) is 5.11 Å². The molecule has 71 valence electrons. The molecule has 1 rings (SSSR count). The summed E-state index contributed by atoms with van der Waals surface area (Å²) in [7, 11) is 0. The lowest BCUT2D eigenvalue weighted by molar-refractivity contribution is 0.115. The molecule has 1 heterocycles. The third kappa shape index (κ3) is 2.76. The fourth-order valence-corrected chi connectivity index (χ4v) is 1.92. The van der Waals surface area contributed by atoms with Crippen LogP contribution in [0.25, 0.3) is 0 Å². The maximum absolute atomic E-state index is 10.4. The molecule has 0 N–H and O–H groups in total. The Hall–Kier alpha value is -0.0800. The topological polar surface area (TPSA) is 23.1 Å². The van der Waals surface area contributed by atoms with Gasteiger partial charge in [0.15, 0.2) is 0 Å². The standard InChI is InChI=1S/C10H20NO/c1-9(2)11-6-3-10(4-7-11)5-8-12/h9-10H,3-8H2,1-2H3. The summed E-state index contributed by atoms with van der Waals surface area (Å²) >= 11 is 0. The van der Waals surface area contributed by atoms with Crippen LogP contribution in [-0.2, 0) is 5.11 Å². The maximum Gasteiger partial charge on any atom is 0.0825 e. The molecule has 0 spiro atoms. The van der Waals surface area contributed by atoms with Gasteiger partial charge in [-0.05, 0) is 52.1 Å². The fourth-order valence-electron chi connectivity index (χ4n) is 1.92. The molecule has 2 nitrogen and oxygen atoms in total. The van der Waals surface area contributed by atoms with Crippen molar-refractivity contribution in [1.29, 1.82) is 0 Å². The molecule has 0 bridgehead atoms. The average Bonchev–Trinajstić information content (AvgIpc) is 2.06. The monoisotopic (exact) mass is 170 g/mol. The van der Waals surface area contributed by atoms with Crippen LogP contribution in [0.1, 0.15) is 33.1 Å². The van der Waals surface area contributed by atoms with Gasteiger partial charge in [-0.2, -0.15) is 0 Å². The fraction of sp³-hybridized carbons (Fsp3) is 1.00. The average molecular weight is 170 g/mol. The Morgan fingerprint density at radius 3 is 2.33 bits per heavy atom. The van der Waals surface area contributed by atoms with Gasteiger partial charge in [0.2, 0.25) is 0 Å². The number of rotatable bonds is 3. The molecule has 1 saturated heterocycles. The molecule has 0 aliphatic carbocycles.